The molecule has 2 atom stereocenters. The van der Waals surface area contributed by atoms with Gasteiger partial charge < -0.3 is 4.74 Å². The average molecular weight is 319 g/mol. The molecule has 24 heavy (non-hydrogen) atoms. The second-order valence-electron chi connectivity index (χ2n) is 5.75. The maximum Gasteiger partial charge on any atom is 0.269 e. The standard InChI is InChI=1S/C19H13NO4/c21-17(15-6-5-12-3-1-2-4-14(12)11-15)19-18(24-19)13-7-9-16(10-8-13)20(22)23/h1-11,18-19H/t18-,19-/m0/s1. The lowest BCUT2D eigenvalue weighted by Crippen LogP contribution is -2.08. The molecule has 1 heterocycles. The molecular formula is C19H13NO4. The molecule has 3 aromatic rings. The molecule has 5 heteroatoms. The zero-order valence-electron chi connectivity index (χ0n) is 12.6. The van der Waals surface area contributed by atoms with Crippen molar-refractivity contribution in [2.24, 2.45) is 0 Å². The lowest BCUT2D eigenvalue weighted by Gasteiger charge is -2.01. The number of Topliss-reactive ketones (excluding diaryl/α,β-unsaturated/α-hetero) is 1. The third kappa shape index (κ3) is 2.55. The van der Waals surface area contributed by atoms with E-state index in [0.29, 0.717) is 5.56 Å². The number of nitro benzene ring substituents is 1. The number of non-ortho nitro benzene ring substituents is 1. The lowest BCUT2D eigenvalue weighted by molar-refractivity contribution is -0.384. The number of ether oxygens (including phenoxy) is 1. The largest absolute Gasteiger partial charge is 0.356 e. The molecule has 1 saturated heterocycles. The molecule has 0 aliphatic carbocycles. The summed E-state index contributed by atoms with van der Waals surface area (Å²) < 4.78 is 5.51. The number of rotatable bonds is 4. The minimum Gasteiger partial charge on any atom is -0.356 e. The summed E-state index contributed by atoms with van der Waals surface area (Å²) in [5.41, 5.74) is 1.42. The van der Waals surface area contributed by atoms with Crippen LogP contribution in [0, 0.1) is 10.1 Å². The summed E-state index contributed by atoms with van der Waals surface area (Å²) in [5, 5.41) is 12.8. The van der Waals surface area contributed by atoms with Crippen LogP contribution >= 0.6 is 0 Å². The van der Waals surface area contributed by atoms with Crippen LogP contribution in [0.25, 0.3) is 10.8 Å². The smallest absolute Gasteiger partial charge is 0.269 e. The Morgan fingerprint density at radius 2 is 1.67 bits per heavy atom. The Bertz CT molecular complexity index is 949. The Kier molecular flexibility index (Phi) is 3.36. The number of benzene rings is 3. The zero-order valence-corrected chi connectivity index (χ0v) is 12.6. The Labute approximate surface area is 137 Å². The summed E-state index contributed by atoms with van der Waals surface area (Å²) >= 11 is 0. The Hall–Kier alpha value is -3.05. The van der Waals surface area contributed by atoms with Gasteiger partial charge in [0.05, 0.1) is 4.92 Å². The highest BCUT2D eigenvalue weighted by atomic mass is 16.6. The predicted octanol–water partition coefficient (Wildman–Crippen LogP) is 4.07. The van der Waals surface area contributed by atoms with Gasteiger partial charge in [0.1, 0.15) is 6.10 Å². The van der Waals surface area contributed by atoms with E-state index in [-0.39, 0.29) is 17.6 Å². The van der Waals surface area contributed by atoms with Crippen LogP contribution in [0.1, 0.15) is 22.0 Å². The van der Waals surface area contributed by atoms with E-state index in [4.69, 9.17) is 4.74 Å². The second kappa shape index (κ2) is 5.54. The Morgan fingerprint density at radius 1 is 0.958 bits per heavy atom. The number of epoxide rings is 1. The van der Waals surface area contributed by atoms with E-state index >= 15 is 0 Å². The third-order valence-corrected chi connectivity index (χ3v) is 4.22. The monoisotopic (exact) mass is 319 g/mol. The third-order valence-electron chi connectivity index (χ3n) is 4.22. The number of fused-ring (bicyclic) bond motifs is 1. The van der Waals surface area contributed by atoms with Crippen molar-refractivity contribution in [3.63, 3.8) is 0 Å². The van der Waals surface area contributed by atoms with Gasteiger partial charge in [-0.15, -0.1) is 0 Å². The first-order chi connectivity index (χ1) is 11.6. The molecule has 1 aliphatic heterocycles. The van der Waals surface area contributed by atoms with Crippen molar-refractivity contribution in [2.45, 2.75) is 12.2 Å². The van der Waals surface area contributed by atoms with Crippen molar-refractivity contribution in [3.05, 3.63) is 88.0 Å². The Morgan fingerprint density at radius 3 is 2.38 bits per heavy atom. The van der Waals surface area contributed by atoms with Crippen LogP contribution < -0.4 is 0 Å². The molecule has 0 amide bonds. The number of ketones is 1. The number of nitro groups is 1. The van der Waals surface area contributed by atoms with Crippen LogP contribution in [0.5, 0.6) is 0 Å². The average Bonchev–Trinajstić information content (AvgIpc) is 3.41. The molecular weight excluding hydrogens is 306 g/mol. The lowest BCUT2D eigenvalue weighted by atomic mass is 10.00. The van der Waals surface area contributed by atoms with E-state index in [1.807, 2.05) is 36.4 Å². The number of hydrogen-bond donors (Lipinski definition) is 0. The molecule has 1 aliphatic rings. The number of carbonyl (C=O) groups is 1. The van der Waals surface area contributed by atoms with E-state index in [0.717, 1.165) is 16.3 Å². The maximum atomic E-state index is 12.6. The summed E-state index contributed by atoms with van der Waals surface area (Å²) in [6.07, 6.45) is -0.850. The molecule has 3 aromatic carbocycles. The molecule has 0 aromatic heterocycles. The quantitative estimate of drug-likeness (QED) is 0.314. The highest BCUT2D eigenvalue weighted by Gasteiger charge is 2.46. The molecule has 5 nitrogen and oxygen atoms in total. The molecule has 0 unspecified atom stereocenters. The minimum atomic E-state index is -0.521. The first-order valence-electron chi connectivity index (χ1n) is 7.56. The van der Waals surface area contributed by atoms with Crippen molar-refractivity contribution >= 4 is 22.2 Å². The van der Waals surface area contributed by atoms with Crippen LogP contribution in [0.15, 0.2) is 66.7 Å². The van der Waals surface area contributed by atoms with Crippen LogP contribution in [0.2, 0.25) is 0 Å². The summed E-state index contributed by atoms with van der Waals surface area (Å²) in [6.45, 7) is 0. The molecule has 0 N–H and O–H groups in total. The fraction of sp³-hybridized carbons (Fsp3) is 0.105. The van der Waals surface area contributed by atoms with Crippen LogP contribution in [0.4, 0.5) is 5.69 Å². The van der Waals surface area contributed by atoms with Gasteiger partial charge in [-0.3, -0.25) is 14.9 Å². The van der Waals surface area contributed by atoms with Crippen molar-refractivity contribution in [3.8, 4) is 0 Å². The number of hydrogen-bond acceptors (Lipinski definition) is 4. The van der Waals surface area contributed by atoms with Gasteiger partial charge in [0.15, 0.2) is 11.9 Å². The van der Waals surface area contributed by atoms with E-state index in [1.54, 1.807) is 18.2 Å². The zero-order chi connectivity index (χ0) is 16.7. The first kappa shape index (κ1) is 14.5. The van der Waals surface area contributed by atoms with Gasteiger partial charge in [-0.2, -0.15) is 0 Å². The van der Waals surface area contributed by atoms with Crippen molar-refractivity contribution in [2.75, 3.05) is 0 Å². The van der Waals surface area contributed by atoms with Gasteiger partial charge in [0.2, 0.25) is 0 Å². The van der Waals surface area contributed by atoms with E-state index in [2.05, 4.69) is 0 Å². The maximum absolute atomic E-state index is 12.6. The highest BCUT2D eigenvalue weighted by Crippen LogP contribution is 2.41. The Balaban J connectivity index is 1.54. The van der Waals surface area contributed by atoms with Crippen molar-refractivity contribution in [1.29, 1.82) is 0 Å². The number of nitrogens with zero attached hydrogens (tertiary/aromatic N) is 1. The van der Waals surface area contributed by atoms with Crippen LogP contribution in [-0.4, -0.2) is 16.8 Å². The van der Waals surface area contributed by atoms with E-state index in [1.165, 1.54) is 12.1 Å². The first-order valence-corrected chi connectivity index (χ1v) is 7.56. The van der Waals surface area contributed by atoms with Crippen LogP contribution in [0.3, 0.4) is 0 Å². The van der Waals surface area contributed by atoms with Gasteiger partial charge in [-0.25, -0.2) is 0 Å². The van der Waals surface area contributed by atoms with Crippen molar-refractivity contribution < 1.29 is 14.5 Å². The summed E-state index contributed by atoms with van der Waals surface area (Å²) in [5.74, 6) is -0.0656. The molecule has 1 fully saturated rings. The fourth-order valence-electron chi connectivity index (χ4n) is 2.86. The molecule has 0 saturated carbocycles. The molecule has 118 valence electrons. The van der Waals surface area contributed by atoms with Crippen molar-refractivity contribution in [1.82, 2.24) is 0 Å². The normalized spacial score (nSPS) is 19.2. The topological polar surface area (TPSA) is 72.7 Å². The number of carbonyl (C=O) groups excluding carboxylic acids is 1. The molecule has 0 radical (unpaired) electrons. The summed E-state index contributed by atoms with van der Waals surface area (Å²) in [7, 11) is 0. The van der Waals surface area contributed by atoms with Gasteiger partial charge in [-0.05, 0) is 34.5 Å². The van der Waals surface area contributed by atoms with Gasteiger partial charge in [0.25, 0.3) is 5.69 Å². The second-order valence-corrected chi connectivity index (χ2v) is 5.75. The minimum absolute atomic E-state index is 0.0248. The predicted molar refractivity (Wildman–Crippen MR) is 89.0 cm³/mol. The van der Waals surface area contributed by atoms with Gasteiger partial charge in [-0.1, -0.05) is 36.4 Å². The summed E-state index contributed by atoms with van der Waals surface area (Å²) in [4.78, 5) is 22.8. The van der Waals surface area contributed by atoms with Gasteiger partial charge >= 0.3 is 0 Å². The summed E-state index contributed by atoms with van der Waals surface area (Å²) in [6, 6.07) is 19.6. The van der Waals surface area contributed by atoms with Crippen LogP contribution in [-0.2, 0) is 4.74 Å². The van der Waals surface area contributed by atoms with E-state index in [9.17, 15) is 14.9 Å². The molecule has 4 rings (SSSR count). The highest BCUT2D eigenvalue weighted by molar-refractivity contribution is 6.04. The SMILES string of the molecule is O=C(c1ccc2ccccc2c1)[C@@H]1O[C@H]1c1ccc([N+](=O)[O-])cc1. The van der Waals surface area contributed by atoms with Gasteiger partial charge in [0, 0.05) is 17.7 Å². The molecule has 0 spiro atoms. The molecule has 0 bridgehead atoms. The fourth-order valence-corrected chi connectivity index (χ4v) is 2.86. The van der Waals surface area contributed by atoms with E-state index < -0.39 is 11.0 Å².